The molecule has 0 radical (unpaired) electrons. The maximum atomic E-state index is 10.9. The van der Waals surface area contributed by atoms with Crippen molar-refractivity contribution in [1.29, 1.82) is 5.26 Å². The van der Waals surface area contributed by atoms with Gasteiger partial charge in [-0.15, -0.1) is 0 Å². The van der Waals surface area contributed by atoms with Crippen molar-refractivity contribution in [2.75, 3.05) is 0 Å². The SMILES string of the molecule is N#Cc1ccccc1CO/N=C\c1ccc(OCc2cccc([N+](=O)[O-])c2)c(Br)c1. The standard InChI is InChI=1S/C22H16BrN3O4/c23-21-11-16(13-25-30-15-19-6-2-1-5-18(19)12-24)8-9-22(21)29-14-17-4-3-7-20(10-17)26(27)28/h1-11,13H,14-15H2/b25-13-. The Morgan fingerprint density at radius 3 is 2.70 bits per heavy atom. The molecule has 0 spiro atoms. The van der Waals surface area contributed by atoms with Crippen LogP contribution in [-0.4, -0.2) is 11.1 Å². The number of nitro groups is 1. The Morgan fingerprint density at radius 1 is 1.10 bits per heavy atom. The molecule has 0 amide bonds. The molecule has 30 heavy (non-hydrogen) atoms. The first kappa shape index (κ1) is 21.0. The Hall–Kier alpha value is -3.70. The second-order valence-electron chi connectivity index (χ2n) is 6.18. The van der Waals surface area contributed by atoms with E-state index in [-0.39, 0.29) is 18.9 Å². The van der Waals surface area contributed by atoms with Gasteiger partial charge in [0, 0.05) is 17.7 Å². The molecule has 0 aliphatic heterocycles. The first-order chi connectivity index (χ1) is 14.6. The van der Waals surface area contributed by atoms with Gasteiger partial charge in [0.1, 0.15) is 19.0 Å². The zero-order valence-electron chi connectivity index (χ0n) is 15.7. The molecule has 0 fully saturated rings. The number of nitrogens with zero attached hydrogens (tertiary/aromatic N) is 3. The van der Waals surface area contributed by atoms with E-state index in [1.54, 1.807) is 36.5 Å². The second kappa shape index (κ2) is 10.2. The quantitative estimate of drug-likeness (QED) is 0.253. The first-order valence-electron chi connectivity index (χ1n) is 8.86. The number of hydrogen-bond donors (Lipinski definition) is 0. The van der Waals surface area contributed by atoms with Gasteiger partial charge in [-0.05, 0) is 51.3 Å². The van der Waals surface area contributed by atoms with E-state index in [2.05, 4.69) is 27.2 Å². The van der Waals surface area contributed by atoms with Crippen molar-refractivity contribution in [3.63, 3.8) is 0 Å². The van der Waals surface area contributed by atoms with Crippen LogP contribution in [0.2, 0.25) is 0 Å². The van der Waals surface area contributed by atoms with Gasteiger partial charge in [0.05, 0.1) is 27.2 Å². The van der Waals surface area contributed by atoms with Crippen LogP contribution in [0.4, 0.5) is 5.69 Å². The largest absolute Gasteiger partial charge is 0.488 e. The maximum absolute atomic E-state index is 10.9. The molecule has 0 unspecified atom stereocenters. The van der Waals surface area contributed by atoms with Crippen molar-refractivity contribution < 1.29 is 14.5 Å². The van der Waals surface area contributed by atoms with E-state index >= 15 is 0 Å². The minimum absolute atomic E-state index is 0.0270. The molecule has 7 nitrogen and oxygen atoms in total. The van der Waals surface area contributed by atoms with Gasteiger partial charge < -0.3 is 9.57 Å². The number of nitro benzene ring substituents is 1. The Bertz CT molecular complexity index is 1130. The highest BCUT2D eigenvalue weighted by Crippen LogP contribution is 2.27. The fraction of sp³-hybridized carbons (Fsp3) is 0.0909. The summed E-state index contributed by atoms with van der Waals surface area (Å²) in [6.07, 6.45) is 1.56. The Labute approximate surface area is 181 Å². The molecule has 0 saturated heterocycles. The van der Waals surface area contributed by atoms with Crippen LogP contribution in [0.15, 0.2) is 76.4 Å². The van der Waals surface area contributed by atoms with Gasteiger partial charge in [0.15, 0.2) is 0 Å². The zero-order valence-corrected chi connectivity index (χ0v) is 17.3. The number of ether oxygens (including phenoxy) is 1. The van der Waals surface area contributed by atoms with Gasteiger partial charge in [-0.3, -0.25) is 10.1 Å². The average Bonchev–Trinajstić information content (AvgIpc) is 2.76. The number of rotatable bonds is 8. The maximum Gasteiger partial charge on any atom is 0.269 e. The second-order valence-corrected chi connectivity index (χ2v) is 7.04. The first-order valence-corrected chi connectivity index (χ1v) is 9.65. The normalized spacial score (nSPS) is 10.5. The third kappa shape index (κ3) is 5.65. The summed E-state index contributed by atoms with van der Waals surface area (Å²) in [5.74, 6) is 0.600. The summed E-state index contributed by atoms with van der Waals surface area (Å²) < 4.78 is 6.46. The highest BCUT2D eigenvalue weighted by Gasteiger charge is 2.07. The minimum Gasteiger partial charge on any atom is -0.488 e. The fourth-order valence-corrected chi connectivity index (χ4v) is 3.11. The van der Waals surface area contributed by atoms with E-state index in [4.69, 9.17) is 14.8 Å². The number of nitriles is 1. The lowest BCUT2D eigenvalue weighted by molar-refractivity contribution is -0.384. The lowest BCUT2D eigenvalue weighted by Crippen LogP contribution is -1.98. The van der Waals surface area contributed by atoms with Crippen LogP contribution in [0.5, 0.6) is 5.75 Å². The molecule has 3 aromatic rings. The third-order valence-electron chi connectivity index (χ3n) is 4.11. The van der Waals surface area contributed by atoms with Gasteiger partial charge in [0.2, 0.25) is 0 Å². The molecule has 3 aromatic carbocycles. The van der Waals surface area contributed by atoms with Crippen LogP contribution in [0.25, 0.3) is 0 Å². The van der Waals surface area contributed by atoms with Crippen molar-refractivity contribution >= 4 is 27.8 Å². The molecule has 8 heteroatoms. The van der Waals surface area contributed by atoms with Crippen LogP contribution in [0, 0.1) is 21.4 Å². The molecule has 0 aliphatic carbocycles. The Kier molecular flexibility index (Phi) is 7.14. The molecule has 150 valence electrons. The molecular weight excluding hydrogens is 450 g/mol. The van der Waals surface area contributed by atoms with Crippen LogP contribution in [0.1, 0.15) is 22.3 Å². The van der Waals surface area contributed by atoms with E-state index in [1.165, 1.54) is 12.1 Å². The van der Waals surface area contributed by atoms with Crippen LogP contribution >= 0.6 is 15.9 Å². The van der Waals surface area contributed by atoms with Gasteiger partial charge in [0.25, 0.3) is 5.69 Å². The molecule has 0 N–H and O–H groups in total. The van der Waals surface area contributed by atoms with Crippen LogP contribution in [0.3, 0.4) is 0 Å². The van der Waals surface area contributed by atoms with Gasteiger partial charge in [-0.1, -0.05) is 35.5 Å². The van der Waals surface area contributed by atoms with Gasteiger partial charge in [-0.2, -0.15) is 5.26 Å². The summed E-state index contributed by atoms with van der Waals surface area (Å²) in [5, 5.41) is 23.9. The van der Waals surface area contributed by atoms with Crippen molar-refractivity contribution in [2.24, 2.45) is 5.16 Å². The molecule has 0 heterocycles. The molecular formula is C22H16BrN3O4. The third-order valence-corrected chi connectivity index (χ3v) is 4.73. The van der Waals surface area contributed by atoms with Gasteiger partial charge >= 0.3 is 0 Å². The Morgan fingerprint density at radius 2 is 1.93 bits per heavy atom. The summed E-state index contributed by atoms with van der Waals surface area (Å²) in [6, 6.07) is 21.0. The lowest BCUT2D eigenvalue weighted by atomic mass is 10.1. The molecule has 3 rings (SSSR count). The number of hydrogen-bond acceptors (Lipinski definition) is 6. The number of benzene rings is 3. The summed E-state index contributed by atoms with van der Waals surface area (Å²) >= 11 is 3.45. The van der Waals surface area contributed by atoms with Crippen molar-refractivity contribution in [3.05, 3.63) is 104 Å². The highest BCUT2D eigenvalue weighted by molar-refractivity contribution is 9.10. The Balaban J connectivity index is 1.57. The lowest BCUT2D eigenvalue weighted by Gasteiger charge is -2.09. The topological polar surface area (TPSA) is 97.8 Å². The smallest absolute Gasteiger partial charge is 0.269 e. The van der Waals surface area contributed by atoms with Gasteiger partial charge in [-0.25, -0.2) is 0 Å². The highest BCUT2D eigenvalue weighted by atomic mass is 79.9. The molecule has 0 saturated carbocycles. The molecule has 0 aliphatic rings. The van der Waals surface area contributed by atoms with E-state index in [9.17, 15) is 10.1 Å². The monoisotopic (exact) mass is 465 g/mol. The average molecular weight is 466 g/mol. The number of halogens is 1. The predicted molar refractivity (Wildman–Crippen MR) is 115 cm³/mol. The minimum atomic E-state index is -0.436. The number of non-ortho nitro benzene ring substituents is 1. The van der Waals surface area contributed by atoms with Crippen molar-refractivity contribution in [3.8, 4) is 11.8 Å². The van der Waals surface area contributed by atoms with E-state index in [0.717, 1.165) is 11.1 Å². The van der Waals surface area contributed by atoms with E-state index in [1.807, 2.05) is 24.3 Å². The summed E-state index contributed by atoms with van der Waals surface area (Å²) in [4.78, 5) is 15.7. The molecule has 0 atom stereocenters. The van der Waals surface area contributed by atoms with E-state index < -0.39 is 4.92 Å². The number of oxime groups is 1. The van der Waals surface area contributed by atoms with E-state index in [0.29, 0.717) is 21.3 Å². The summed E-state index contributed by atoms with van der Waals surface area (Å²) in [6.45, 7) is 0.404. The summed E-state index contributed by atoms with van der Waals surface area (Å²) in [5.41, 5.74) is 2.84. The zero-order chi connectivity index (χ0) is 21.3. The molecule has 0 aromatic heterocycles. The fourth-order valence-electron chi connectivity index (χ4n) is 2.60. The van der Waals surface area contributed by atoms with Crippen molar-refractivity contribution in [2.45, 2.75) is 13.2 Å². The molecule has 0 bridgehead atoms. The summed E-state index contributed by atoms with van der Waals surface area (Å²) in [7, 11) is 0. The predicted octanol–water partition coefficient (Wildman–Crippen LogP) is 5.36. The van der Waals surface area contributed by atoms with Crippen LogP contribution < -0.4 is 4.74 Å². The van der Waals surface area contributed by atoms with Crippen LogP contribution in [-0.2, 0) is 18.1 Å². The van der Waals surface area contributed by atoms with Crippen molar-refractivity contribution in [1.82, 2.24) is 0 Å².